The van der Waals surface area contributed by atoms with Crippen molar-refractivity contribution in [3.63, 3.8) is 0 Å². The maximum absolute atomic E-state index is 5.67. The molecule has 1 saturated carbocycles. The Balaban J connectivity index is 1.64. The lowest BCUT2D eigenvalue weighted by atomic mass is 9.78. The van der Waals surface area contributed by atoms with Crippen LogP contribution >= 0.6 is 0 Å². The minimum atomic E-state index is 0.867. The van der Waals surface area contributed by atoms with Crippen LogP contribution in [0.15, 0.2) is 0 Å². The van der Waals surface area contributed by atoms with Gasteiger partial charge < -0.3 is 10.6 Å². The Hall–Kier alpha value is -0.0800. The molecule has 2 heteroatoms. The number of rotatable bonds is 7. The van der Waals surface area contributed by atoms with Gasteiger partial charge in [-0.3, -0.25) is 0 Å². The molecule has 2 nitrogen and oxygen atoms in total. The number of likely N-dealkylation sites (tertiary alicyclic amines) is 1. The Bertz CT molecular complexity index is 217. The van der Waals surface area contributed by atoms with Crippen LogP contribution in [0.4, 0.5) is 0 Å². The van der Waals surface area contributed by atoms with E-state index in [-0.39, 0.29) is 0 Å². The predicted molar refractivity (Wildman–Crippen MR) is 78.6 cm³/mol. The smallest absolute Gasteiger partial charge is 0.000988 e. The molecule has 0 aromatic carbocycles. The second-order valence-electron chi connectivity index (χ2n) is 6.65. The number of piperidine rings is 1. The molecule has 1 heterocycles. The molecule has 2 N–H and O–H groups in total. The van der Waals surface area contributed by atoms with Gasteiger partial charge in [0.2, 0.25) is 0 Å². The summed E-state index contributed by atoms with van der Waals surface area (Å²) >= 11 is 0. The van der Waals surface area contributed by atoms with Crippen molar-refractivity contribution in [1.82, 2.24) is 4.90 Å². The van der Waals surface area contributed by atoms with Gasteiger partial charge >= 0.3 is 0 Å². The Morgan fingerprint density at radius 2 is 1.89 bits per heavy atom. The number of hydrogen-bond donors (Lipinski definition) is 1. The van der Waals surface area contributed by atoms with Crippen molar-refractivity contribution in [3.8, 4) is 0 Å². The second-order valence-corrected chi connectivity index (χ2v) is 6.65. The molecule has 18 heavy (non-hydrogen) atoms. The minimum absolute atomic E-state index is 0.867. The molecular formula is C16H32N2. The van der Waals surface area contributed by atoms with Crippen LogP contribution in [0.3, 0.4) is 0 Å². The van der Waals surface area contributed by atoms with E-state index in [0.29, 0.717) is 0 Å². The highest BCUT2D eigenvalue weighted by Crippen LogP contribution is 2.34. The zero-order chi connectivity index (χ0) is 12.8. The highest BCUT2D eigenvalue weighted by Gasteiger charge is 2.29. The lowest BCUT2D eigenvalue weighted by molar-refractivity contribution is 0.0837. The van der Waals surface area contributed by atoms with Gasteiger partial charge in [-0.15, -0.1) is 0 Å². The fraction of sp³-hybridized carbons (Fsp3) is 1.00. The fourth-order valence-corrected chi connectivity index (χ4v) is 4.11. The molecule has 0 amide bonds. The summed E-state index contributed by atoms with van der Waals surface area (Å²) in [6.07, 6.45) is 11.3. The Labute approximate surface area is 113 Å². The zero-order valence-electron chi connectivity index (χ0n) is 12.2. The standard InChI is InChI=1S/C16H32N2/c1-2-14(8-9-17)7-4-10-18-12-15-5-3-6-16(11-15)13-18/h14-16H,2-13,17H2,1H3. The van der Waals surface area contributed by atoms with Crippen LogP contribution in [0.1, 0.15) is 58.3 Å². The van der Waals surface area contributed by atoms with Crippen LogP contribution in [0.5, 0.6) is 0 Å². The molecule has 2 aliphatic rings. The summed E-state index contributed by atoms with van der Waals surface area (Å²) in [4.78, 5) is 2.76. The van der Waals surface area contributed by atoms with Gasteiger partial charge in [0, 0.05) is 13.1 Å². The summed E-state index contributed by atoms with van der Waals surface area (Å²) in [5.74, 6) is 2.94. The highest BCUT2D eigenvalue weighted by atomic mass is 15.1. The quantitative estimate of drug-likeness (QED) is 0.753. The van der Waals surface area contributed by atoms with Crippen molar-refractivity contribution < 1.29 is 0 Å². The second kappa shape index (κ2) is 7.49. The average molecular weight is 252 g/mol. The summed E-state index contributed by atoms with van der Waals surface area (Å²) < 4.78 is 0. The van der Waals surface area contributed by atoms with Crippen LogP contribution in [0, 0.1) is 17.8 Å². The molecule has 3 atom stereocenters. The van der Waals surface area contributed by atoms with Gasteiger partial charge in [0.15, 0.2) is 0 Å². The van der Waals surface area contributed by atoms with Gasteiger partial charge in [-0.05, 0) is 69.4 Å². The Morgan fingerprint density at radius 1 is 1.17 bits per heavy atom. The van der Waals surface area contributed by atoms with E-state index in [1.54, 1.807) is 0 Å². The first kappa shape index (κ1) is 14.3. The van der Waals surface area contributed by atoms with E-state index in [1.165, 1.54) is 71.0 Å². The van der Waals surface area contributed by atoms with E-state index in [0.717, 1.165) is 24.3 Å². The van der Waals surface area contributed by atoms with Crippen molar-refractivity contribution in [2.45, 2.75) is 58.3 Å². The third kappa shape index (κ3) is 4.24. The van der Waals surface area contributed by atoms with E-state index in [2.05, 4.69) is 11.8 Å². The summed E-state index contributed by atoms with van der Waals surface area (Å²) in [7, 11) is 0. The summed E-state index contributed by atoms with van der Waals surface area (Å²) in [6, 6.07) is 0. The predicted octanol–water partition coefficient (Wildman–Crippen LogP) is 3.26. The SMILES string of the molecule is CCC(CCN)CCCN1CC2CCCC(C2)C1. The summed E-state index contributed by atoms with van der Waals surface area (Å²) in [5, 5.41) is 0. The number of nitrogens with two attached hydrogens (primary N) is 1. The number of fused-ring (bicyclic) bond motifs is 2. The number of nitrogens with zero attached hydrogens (tertiary/aromatic N) is 1. The molecule has 1 aliphatic heterocycles. The maximum Gasteiger partial charge on any atom is 0.000988 e. The van der Waals surface area contributed by atoms with Crippen LogP contribution in [0.2, 0.25) is 0 Å². The molecule has 0 aromatic heterocycles. The van der Waals surface area contributed by atoms with E-state index >= 15 is 0 Å². The van der Waals surface area contributed by atoms with Gasteiger partial charge in [0.1, 0.15) is 0 Å². The first-order valence-corrected chi connectivity index (χ1v) is 8.24. The molecule has 0 radical (unpaired) electrons. The minimum Gasteiger partial charge on any atom is -0.330 e. The fourth-order valence-electron chi connectivity index (χ4n) is 4.11. The van der Waals surface area contributed by atoms with Gasteiger partial charge in [0.05, 0.1) is 0 Å². The van der Waals surface area contributed by atoms with Crippen LogP contribution in [-0.2, 0) is 0 Å². The van der Waals surface area contributed by atoms with Gasteiger partial charge in [-0.25, -0.2) is 0 Å². The first-order valence-electron chi connectivity index (χ1n) is 8.24. The number of hydrogen-bond acceptors (Lipinski definition) is 2. The third-order valence-electron chi connectivity index (χ3n) is 5.16. The molecule has 0 spiro atoms. The molecule has 106 valence electrons. The molecule has 1 saturated heterocycles. The normalized spacial score (nSPS) is 30.3. The topological polar surface area (TPSA) is 29.3 Å². The lowest BCUT2D eigenvalue weighted by Crippen LogP contribution is -2.43. The van der Waals surface area contributed by atoms with E-state index < -0.39 is 0 Å². The first-order chi connectivity index (χ1) is 8.81. The van der Waals surface area contributed by atoms with Crippen LogP contribution in [0.25, 0.3) is 0 Å². The van der Waals surface area contributed by atoms with Crippen molar-refractivity contribution >= 4 is 0 Å². The van der Waals surface area contributed by atoms with E-state index in [1.807, 2.05) is 0 Å². The zero-order valence-corrected chi connectivity index (χ0v) is 12.2. The summed E-state index contributed by atoms with van der Waals surface area (Å²) in [5.41, 5.74) is 5.67. The molecule has 2 rings (SSSR count). The van der Waals surface area contributed by atoms with Gasteiger partial charge in [-0.1, -0.05) is 19.8 Å². The third-order valence-corrected chi connectivity index (χ3v) is 5.16. The lowest BCUT2D eigenvalue weighted by Gasteiger charge is -2.41. The van der Waals surface area contributed by atoms with Crippen molar-refractivity contribution in [3.05, 3.63) is 0 Å². The molecule has 2 fully saturated rings. The van der Waals surface area contributed by atoms with Crippen molar-refractivity contribution in [2.75, 3.05) is 26.2 Å². The largest absolute Gasteiger partial charge is 0.330 e. The van der Waals surface area contributed by atoms with Crippen LogP contribution in [-0.4, -0.2) is 31.1 Å². The van der Waals surface area contributed by atoms with Gasteiger partial charge in [0.25, 0.3) is 0 Å². The molecule has 0 aromatic rings. The van der Waals surface area contributed by atoms with Gasteiger partial charge in [-0.2, -0.15) is 0 Å². The maximum atomic E-state index is 5.67. The van der Waals surface area contributed by atoms with Crippen LogP contribution < -0.4 is 5.73 Å². The van der Waals surface area contributed by atoms with Crippen molar-refractivity contribution in [2.24, 2.45) is 23.5 Å². The Kier molecular flexibility index (Phi) is 5.97. The Morgan fingerprint density at radius 3 is 2.50 bits per heavy atom. The monoisotopic (exact) mass is 252 g/mol. The molecule has 2 bridgehead atoms. The van der Waals surface area contributed by atoms with E-state index in [9.17, 15) is 0 Å². The van der Waals surface area contributed by atoms with E-state index in [4.69, 9.17) is 5.73 Å². The highest BCUT2D eigenvalue weighted by molar-refractivity contribution is 4.83. The molecule has 3 unspecified atom stereocenters. The summed E-state index contributed by atoms with van der Waals surface area (Å²) in [6.45, 7) is 7.31. The molecule has 1 aliphatic carbocycles. The molecular weight excluding hydrogens is 220 g/mol. The van der Waals surface area contributed by atoms with Crippen molar-refractivity contribution in [1.29, 1.82) is 0 Å². The average Bonchev–Trinajstić information content (AvgIpc) is 2.37.